The van der Waals surface area contributed by atoms with Gasteiger partial charge in [0.25, 0.3) is 5.91 Å². The Morgan fingerprint density at radius 1 is 1.04 bits per heavy atom. The summed E-state index contributed by atoms with van der Waals surface area (Å²) in [6.07, 6.45) is 0. The van der Waals surface area contributed by atoms with Gasteiger partial charge in [-0.05, 0) is 48.2 Å². The van der Waals surface area contributed by atoms with E-state index in [1.807, 2.05) is 48.7 Å². The highest BCUT2D eigenvalue weighted by molar-refractivity contribution is 7.12. The van der Waals surface area contributed by atoms with Crippen LogP contribution in [-0.2, 0) is 6.61 Å². The molecule has 2 heterocycles. The standard InChI is InChI=1S/C18H16N2O4S/c1-12-9-10-25-16(12)18(22)20-19-17(21)15-8-7-14(24-15)11-23-13-5-3-2-4-6-13/h2-10H,11H2,1H3,(H,19,21)(H,20,22). The molecule has 3 rings (SSSR count). The van der Waals surface area contributed by atoms with Gasteiger partial charge >= 0.3 is 5.91 Å². The van der Waals surface area contributed by atoms with E-state index >= 15 is 0 Å². The fourth-order valence-electron chi connectivity index (χ4n) is 2.09. The number of thiophene rings is 1. The van der Waals surface area contributed by atoms with Gasteiger partial charge in [-0.15, -0.1) is 11.3 Å². The van der Waals surface area contributed by atoms with Gasteiger partial charge in [0.15, 0.2) is 5.76 Å². The van der Waals surface area contributed by atoms with Gasteiger partial charge in [-0.1, -0.05) is 18.2 Å². The zero-order chi connectivity index (χ0) is 17.6. The molecule has 0 aliphatic carbocycles. The molecule has 0 spiro atoms. The van der Waals surface area contributed by atoms with Crippen molar-refractivity contribution in [2.24, 2.45) is 0 Å². The summed E-state index contributed by atoms with van der Waals surface area (Å²) in [5, 5.41) is 1.82. The number of hydrogen-bond donors (Lipinski definition) is 2. The van der Waals surface area contributed by atoms with Crippen LogP contribution in [-0.4, -0.2) is 11.8 Å². The number of furan rings is 1. The highest BCUT2D eigenvalue weighted by atomic mass is 32.1. The first-order valence-electron chi connectivity index (χ1n) is 7.55. The monoisotopic (exact) mass is 356 g/mol. The van der Waals surface area contributed by atoms with Crippen LogP contribution in [0.1, 0.15) is 31.6 Å². The third kappa shape index (κ3) is 4.27. The number of hydrazine groups is 1. The molecule has 0 aliphatic heterocycles. The predicted octanol–water partition coefficient (Wildman–Crippen LogP) is 3.30. The van der Waals surface area contributed by atoms with Crippen molar-refractivity contribution in [3.8, 4) is 5.75 Å². The molecule has 7 heteroatoms. The first-order valence-corrected chi connectivity index (χ1v) is 8.43. The van der Waals surface area contributed by atoms with E-state index in [0.29, 0.717) is 16.4 Å². The zero-order valence-corrected chi connectivity index (χ0v) is 14.3. The fourth-order valence-corrected chi connectivity index (χ4v) is 2.91. The Labute approximate surface area is 148 Å². The van der Waals surface area contributed by atoms with Crippen molar-refractivity contribution < 1.29 is 18.7 Å². The Balaban J connectivity index is 1.52. The number of para-hydroxylation sites is 1. The Hall–Kier alpha value is -3.06. The van der Waals surface area contributed by atoms with E-state index in [4.69, 9.17) is 9.15 Å². The molecule has 0 unspecified atom stereocenters. The smallest absolute Gasteiger partial charge is 0.305 e. The third-order valence-electron chi connectivity index (χ3n) is 3.37. The van der Waals surface area contributed by atoms with E-state index in [2.05, 4.69) is 10.9 Å². The molecule has 0 radical (unpaired) electrons. The molecule has 2 aromatic heterocycles. The van der Waals surface area contributed by atoms with Crippen molar-refractivity contribution in [3.05, 3.63) is 75.9 Å². The lowest BCUT2D eigenvalue weighted by molar-refractivity contribution is 0.0830. The zero-order valence-electron chi connectivity index (χ0n) is 13.4. The van der Waals surface area contributed by atoms with E-state index in [0.717, 1.165) is 5.56 Å². The molecular weight excluding hydrogens is 340 g/mol. The van der Waals surface area contributed by atoms with Gasteiger partial charge in [0, 0.05) is 0 Å². The summed E-state index contributed by atoms with van der Waals surface area (Å²) >= 11 is 1.31. The number of carbonyl (C=O) groups excluding carboxylic acids is 2. The number of aryl methyl sites for hydroxylation is 1. The summed E-state index contributed by atoms with van der Waals surface area (Å²) in [7, 11) is 0. The largest absolute Gasteiger partial charge is 0.486 e. The fraction of sp³-hybridized carbons (Fsp3) is 0.111. The molecule has 128 valence electrons. The summed E-state index contributed by atoms with van der Waals surface area (Å²) in [5.41, 5.74) is 5.56. The lowest BCUT2D eigenvalue weighted by atomic mass is 10.3. The molecule has 0 saturated carbocycles. The van der Waals surface area contributed by atoms with Crippen LogP contribution in [0.3, 0.4) is 0 Å². The summed E-state index contributed by atoms with van der Waals surface area (Å²) in [4.78, 5) is 24.5. The lowest BCUT2D eigenvalue weighted by Crippen LogP contribution is -2.41. The van der Waals surface area contributed by atoms with Crippen LogP contribution in [0.4, 0.5) is 0 Å². The van der Waals surface area contributed by atoms with Crippen molar-refractivity contribution in [1.29, 1.82) is 0 Å². The Bertz CT molecular complexity index is 870. The van der Waals surface area contributed by atoms with Crippen molar-refractivity contribution in [3.63, 3.8) is 0 Å². The average Bonchev–Trinajstić information content (AvgIpc) is 3.27. The summed E-state index contributed by atoms with van der Waals surface area (Å²) in [6, 6.07) is 14.3. The molecule has 3 aromatic rings. The number of hydrogen-bond acceptors (Lipinski definition) is 5. The Kier molecular flexibility index (Phi) is 5.15. The topological polar surface area (TPSA) is 80.6 Å². The number of amides is 2. The van der Waals surface area contributed by atoms with E-state index in [-0.39, 0.29) is 18.3 Å². The summed E-state index contributed by atoms with van der Waals surface area (Å²) < 4.78 is 11.0. The normalized spacial score (nSPS) is 10.3. The number of benzene rings is 1. The van der Waals surface area contributed by atoms with Crippen molar-refractivity contribution in [1.82, 2.24) is 10.9 Å². The number of nitrogens with one attached hydrogen (secondary N) is 2. The second-order valence-electron chi connectivity index (χ2n) is 5.21. The highest BCUT2D eigenvalue weighted by Gasteiger charge is 2.15. The molecule has 0 aliphatic rings. The summed E-state index contributed by atoms with van der Waals surface area (Å²) in [5.74, 6) is 0.418. The van der Waals surface area contributed by atoms with E-state index < -0.39 is 5.91 Å². The molecule has 2 amide bonds. The third-order valence-corrected chi connectivity index (χ3v) is 4.38. The Morgan fingerprint density at radius 3 is 2.52 bits per heavy atom. The number of rotatable bonds is 5. The SMILES string of the molecule is Cc1ccsc1C(=O)NNC(=O)c1ccc(COc2ccccc2)o1. The average molecular weight is 356 g/mol. The van der Waals surface area contributed by atoms with Crippen LogP contribution in [0.2, 0.25) is 0 Å². The van der Waals surface area contributed by atoms with E-state index in [1.54, 1.807) is 6.07 Å². The van der Waals surface area contributed by atoms with E-state index in [1.165, 1.54) is 17.4 Å². The van der Waals surface area contributed by atoms with Crippen LogP contribution < -0.4 is 15.6 Å². The maximum absolute atomic E-state index is 12.0. The summed E-state index contributed by atoms with van der Waals surface area (Å²) in [6.45, 7) is 2.04. The lowest BCUT2D eigenvalue weighted by Gasteiger charge is -2.05. The molecule has 0 atom stereocenters. The molecule has 1 aromatic carbocycles. The van der Waals surface area contributed by atoms with Crippen molar-refractivity contribution in [2.75, 3.05) is 0 Å². The molecule has 25 heavy (non-hydrogen) atoms. The van der Waals surface area contributed by atoms with Gasteiger partial charge in [-0.3, -0.25) is 20.4 Å². The minimum atomic E-state index is -0.534. The molecule has 0 saturated heterocycles. The number of carbonyl (C=O) groups is 2. The van der Waals surface area contributed by atoms with Gasteiger partial charge < -0.3 is 9.15 Å². The van der Waals surface area contributed by atoms with Gasteiger partial charge in [-0.2, -0.15) is 0 Å². The molecular formula is C18H16N2O4S. The van der Waals surface area contributed by atoms with Crippen LogP contribution in [0.5, 0.6) is 5.75 Å². The first-order chi connectivity index (χ1) is 12.1. The Morgan fingerprint density at radius 2 is 1.80 bits per heavy atom. The van der Waals surface area contributed by atoms with Gasteiger partial charge in [0.05, 0.1) is 4.88 Å². The van der Waals surface area contributed by atoms with Crippen molar-refractivity contribution >= 4 is 23.2 Å². The maximum Gasteiger partial charge on any atom is 0.305 e. The van der Waals surface area contributed by atoms with Crippen LogP contribution in [0.25, 0.3) is 0 Å². The van der Waals surface area contributed by atoms with Crippen molar-refractivity contribution in [2.45, 2.75) is 13.5 Å². The second kappa shape index (κ2) is 7.67. The van der Waals surface area contributed by atoms with Gasteiger partial charge in [0.2, 0.25) is 0 Å². The molecule has 0 bridgehead atoms. The molecule has 2 N–H and O–H groups in total. The number of ether oxygens (including phenoxy) is 1. The van der Waals surface area contributed by atoms with Gasteiger partial charge in [-0.25, -0.2) is 0 Å². The minimum Gasteiger partial charge on any atom is -0.486 e. The molecule has 6 nitrogen and oxygen atoms in total. The minimum absolute atomic E-state index is 0.0925. The quantitative estimate of drug-likeness (QED) is 0.688. The van der Waals surface area contributed by atoms with Gasteiger partial charge in [0.1, 0.15) is 18.1 Å². The second-order valence-corrected chi connectivity index (χ2v) is 6.12. The van der Waals surface area contributed by atoms with Crippen LogP contribution in [0.15, 0.2) is 58.3 Å². The van der Waals surface area contributed by atoms with Crippen LogP contribution in [0, 0.1) is 6.92 Å². The molecule has 0 fully saturated rings. The van der Waals surface area contributed by atoms with E-state index in [9.17, 15) is 9.59 Å². The highest BCUT2D eigenvalue weighted by Crippen LogP contribution is 2.15. The first kappa shape index (κ1) is 16.8. The predicted molar refractivity (Wildman–Crippen MR) is 93.5 cm³/mol. The maximum atomic E-state index is 12.0. The van der Waals surface area contributed by atoms with Crippen LogP contribution >= 0.6 is 11.3 Å².